The molecule has 7 heteroatoms. The van der Waals surface area contributed by atoms with Crippen LogP contribution in [0.3, 0.4) is 0 Å². The fourth-order valence-corrected chi connectivity index (χ4v) is 4.91. The molecule has 0 bridgehead atoms. The van der Waals surface area contributed by atoms with Crippen LogP contribution >= 0.6 is 0 Å². The van der Waals surface area contributed by atoms with Crippen molar-refractivity contribution in [1.82, 2.24) is 14.6 Å². The molecule has 0 fully saturated rings. The smallest absolute Gasteiger partial charge is 0.185 e. The van der Waals surface area contributed by atoms with Crippen LogP contribution < -0.4 is 0 Å². The molecule has 1 unspecified atom stereocenters. The lowest BCUT2D eigenvalue weighted by atomic mass is 10.0. The second kappa shape index (κ2) is 9.67. The first-order chi connectivity index (χ1) is 18.6. The summed E-state index contributed by atoms with van der Waals surface area (Å²) >= 11 is 0. The Kier molecular flexibility index (Phi) is 6.04. The van der Waals surface area contributed by atoms with E-state index in [0.29, 0.717) is 23.5 Å². The summed E-state index contributed by atoms with van der Waals surface area (Å²) in [6, 6.07) is 23.5. The van der Waals surface area contributed by atoms with Crippen LogP contribution in [0.2, 0.25) is 0 Å². The van der Waals surface area contributed by atoms with Gasteiger partial charge in [-0.15, -0.1) is 5.10 Å². The Labute approximate surface area is 218 Å². The highest BCUT2D eigenvalue weighted by molar-refractivity contribution is 6.14. The maximum absolute atomic E-state index is 15.3. The molecule has 5 aromatic rings. The number of hydrogen-bond acceptors (Lipinski definition) is 4. The van der Waals surface area contributed by atoms with Crippen LogP contribution in [0.15, 0.2) is 96.1 Å². The highest BCUT2D eigenvalue weighted by Gasteiger charge is 2.29. The van der Waals surface area contributed by atoms with Gasteiger partial charge in [0.2, 0.25) is 0 Å². The van der Waals surface area contributed by atoms with Crippen molar-refractivity contribution in [2.75, 3.05) is 6.61 Å². The summed E-state index contributed by atoms with van der Waals surface area (Å²) in [5, 5.41) is 4.86. The standard InChI is InChI=1S/C31H24F2N4O/c1-3-38-25-17-19(2)29-23(25)18-34-31-26(22-15-10-16-24(32)27(22)33)30(36-37(29)31)35-28(20-11-6-4-7-12-20)21-13-8-5-9-14-21/h4-19H,3H2,1-2H3. The van der Waals surface area contributed by atoms with E-state index < -0.39 is 11.6 Å². The van der Waals surface area contributed by atoms with Gasteiger partial charge in [-0.1, -0.05) is 79.7 Å². The quantitative estimate of drug-likeness (QED) is 0.227. The Bertz CT molecular complexity index is 1670. The molecule has 3 aromatic carbocycles. The molecule has 1 aliphatic rings. The number of fused-ring (bicyclic) bond motifs is 3. The van der Waals surface area contributed by atoms with Gasteiger partial charge < -0.3 is 4.74 Å². The second-order valence-corrected chi connectivity index (χ2v) is 9.04. The molecule has 0 saturated carbocycles. The molecule has 0 amide bonds. The van der Waals surface area contributed by atoms with Gasteiger partial charge in [-0.05, 0) is 19.1 Å². The molecular weight excluding hydrogens is 482 g/mol. The van der Waals surface area contributed by atoms with E-state index >= 15 is 4.39 Å². The molecule has 6 rings (SSSR count). The maximum Gasteiger partial charge on any atom is 0.185 e. The summed E-state index contributed by atoms with van der Waals surface area (Å²) in [5.74, 6) is -0.962. The van der Waals surface area contributed by atoms with Crippen molar-refractivity contribution in [3.05, 3.63) is 125 Å². The number of hydrogen-bond donors (Lipinski definition) is 0. The van der Waals surface area contributed by atoms with Crippen LogP contribution in [0.1, 0.15) is 42.1 Å². The fourth-order valence-electron chi connectivity index (χ4n) is 4.91. The molecule has 0 aliphatic heterocycles. The zero-order valence-corrected chi connectivity index (χ0v) is 20.9. The van der Waals surface area contributed by atoms with Gasteiger partial charge in [0.15, 0.2) is 23.1 Å². The summed E-state index contributed by atoms with van der Waals surface area (Å²) in [6.07, 6.45) is 3.72. The van der Waals surface area contributed by atoms with Gasteiger partial charge in [0.05, 0.1) is 29.1 Å². The SMILES string of the molecule is CCOC1=CC(C)c2c1cnc1c(-c3cccc(F)c3F)c(N=C(c3ccccc3)c3ccccc3)nn21. The van der Waals surface area contributed by atoms with Gasteiger partial charge in [0, 0.05) is 28.8 Å². The molecule has 1 atom stereocenters. The van der Waals surface area contributed by atoms with Crippen LogP contribution in [0.4, 0.5) is 14.6 Å². The summed E-state index contributed by atoms with van der Waals surface area (Å²) in [7, 11) is 0. The Balaban J connectivity index is 1.67. The molecule has 38 heavy (non-hydrogen) atoms. The second-order valence-electron chi connectivity index (χ2n) is 9.04. The molecule has 0 spiro atoms. The normalized spacial score (nSPS) is 14.3. The van der Waals surface area contributed by atoms with Crippen molar-refractivity contribution in [2.45, 2.75) is 19.8 Å². The number of halogens is 2. The summed E-state index contributed by atoms with van der Waals surface area (Å²) < 4.78 is 37.2. The number of aliphatic imine (C=N–C) groups is 1. The Morgan fingerprint density at radius 3 is 2.26 bits per heavy atom. The van der Waals surface area contributed by atoms with Gasteiger partial charge in [0.1, 0.15) is 5.76 Å². The van der Waals surface area contributed by atoms with Crippen LogP contribution in [-0.2, 0) is 4.74 Å². The number of allylic oxidation sites excluding steroid dienone is 1. The van der Waals surface area contributed by atoms with E-state index in [4.69, 9.17) is 14.8 Å². The van der Waals surface area contributed by atoms with Crippen LogP contribution in [0.5, 0.6) is 0 Å². The van der Waals surface area contributed by atoms with Crippen molar-refractivity contribution < 1.29 is 13.5 Å². The van der Waals surface area contributed by atoms with Crippen LogP contribution in [0, 0.1) is 11.6 Å². The molecule has 0 saturated heterocycles. The average Bonchev–Trinajstić information content (AvgIpc) is 3.46. The number of ether oxygens (including phenoxy) is 1. The first-order valence-corrected chi connectivity index (χ1v) is 12.5. The van der Waals surface area contributed by atoms with E-state index in [0.717, 1.165) is 34.2 Å². The lowest BCUT2D eigenvalue weighted by Crippen LogP contribution is -2.04. The zero-order valence-electron chi connectivity index (χ0n) is 20.9. The third kappa shape index (κ3) is 3.96. The van der Waals surface area contributed by atoms with Crippen molar-refractivity contribution >= 4 is 22.9 Å². The molecule has 2 heterocycles. The minimum Gasteiger partial charge on any atom is -0.493 e. The predicted octanol–water partition coefficient (Wildman–Crippen LogP) is 7.34. The van der Waals surface area contributed by atoms with E-state index in [1.54, 1.807) is 10.7 Å². The number of rotatable bonds is 6. The van der Waals surface area contributed by atoms with Crippen LogP contribution in [-0.4, -0.2) is 26.9 Å². The van der Waals surface area contributed by atoms with Crippen molar-refractivity contribution in [3.63, 3.8) is 0 Å². The van der Waals surface area contributed by atoms with Gasteiger partial charge in [-0.25, -0.2) is 23.3 Å². The molecule has 0 N–H and O–H groups in total. The Morgan fingerprint density at radius 1 is 0.921 bits per heavy atom. The van der Waals surface area contributed by atoms with E-state index in [-0.39, 0.29) is 17.3 Å². The minimum absolute atomic E-state index is 0.0262. The Hall–Kier alpha value is -4.65. The first-order valence-electron chi connectivity index (χ1n) is 12.5. The molecule has 5 nitrogen and oxygen atoms in total. The third-order valence-electron chi connectivity index (χ3n) is 6.59. The van der Waals surface area contributed by atoms with Crippen molar-refractivity contribution in [2.24, 2.45) is 4.99 Å². The lowest BCUT2D eigenvalue weighted by molar-refractivity contribution is 0.298. The molecular formula is C31H24F2N4O. The molecule has 2 aromatic heterocycles. The van der Waals surface area contributed by atoms with E-state index in [9.17, 15) is 4.39 Å². The first kappa shape index (κ1) is 23.7. The largest absolute Gasteiger partial charge is 0.493 e. The van der Waals surface area contributed by atoms with Gasteiger partial charge in [-0.3, -0.25) is 0 Å². The van der Waals surface area contributed by atoms with Gasteiger partial charge in [-0.2, -0.15) is 0 Å². The van der Waals surface area contributed by atoms with E-state index in [2.05, 4.69) is 4.98 Å². The average molecular weight is 507 g/mol. The molecule has 1 aliphatic carbocycles. The molecule has 188 valence electrons. The highest BCUT2D eigenvalue weighted by atomic mass is 19.2. The fraction of sp³-hybridized carbons (Fsp3) is 0.129. The topological polar surface area (TPSA) is 51.8 Å². The summed E-state index contributed by atoms with van der Waals surface area (Å²) in [4.78, 5) is 9.66. The number of aromatic nitrogens is 3. The van der Waals surface area contributed by atoms with E-state index in [1.807, 2.05) is 80.6 Å². The van der Waals surface area contributed by atoms with E-state index in [1.165, 1.54) is 12.1 Å². The van der Waals surface area contributed by atoms with Crippen molar-refractivity contribution in [1.29, 1.82) is 0 Å². The minimum atomic E-state index is -0.969. The lowest BCUT2D eigenvalue weighted by Gasteiger charge is -2.09. The van der Waals surface area contributed by atoms with Crippen molar-refractivity contribution in [3.8, 4) is 11.1 Å². The predicted molar refractivity (Wildman–Crippen MR) is 145 cm³/mol. The third-order valence-corrected chi connectivity index (χ3v) is 6.59. The van der Waals surface area contributed by atoms with Gasteiger partial charge in [0.25, 0.3) is 0 Å². The summed E-state index contributed by atoms with van der Waals surface area (Å²) in [5.41, 5.74) is 4.85. The number of benzene rings is 3. The van der Waals surface area contributed by atoms with Gasteiger partial charge >= 0.3 is 0 Å². The van der Waals surface area contributed by atoms with Crippen LogP contribution in [0.25, 0.3) is 22.5 Å². The highest BCUT2D eigenvalue weighted by Crippen LogP contribution is 2.41. The maximum atomic E-state index is 15.3. The Morgan fingerprint density at radius 2 is 1.61 bits per heavy atom. The zero-order chi connectivity index (χ0) is 26.2. The number of nitrogens with zero attached hydrogens (tertiary/aromatic N) is 4. The molecule has 0 radical (unpaired) electrons. The monoisotopic (exact) mass is 506 g/mol. The summed E-state index contributed by atoms with van der Waals surface area (Å²) in [6.45, 7) is 4.48.